The van der Waals surface area contributed by atoms with Crippen LogP contribution in [0.5, 0.6) is 0 Å². The Hall–Kier alpha value is -0.585. The molecule has 2 saturated heterocycles. The lowest BCUT2D eigenvalue weighted by atomic mass is 9.84. The number of hydrogen-bond acceptors (Lipinski definition) is 5. The number of rotatable bonds is 2. The summed E-state index contributed by atoms with van der Waals surface area (Å²) in [6, 6.07) is 0. The van der Waals surface area contributed by atoms with Gasteiger partial charge in [-0.15, -0.1) is 11.3 Å². The lowest BCUT2D eigenvalue weighted by Gasteiger charge is -2.32. The highest BCUT2D eigenvalue weighted by Crippen LogP contribution is 2.37. The van der Waals surface area contributed by atoms with Gasteiger partial charge in [-0.2, -0.15) is 0 Å². The second kappa shape index (κ2) is 5.50. The molecule has 6 heteroatoms. The van der Waals surface area contributed by atoms with Gasteiger partial charge in [-0.3, -0.25) is 0 Å². The number of thiazole rings is 1. The molecule has 122 valence electrons. The molecule has 0 bridgehead atoms. The summed E-state index contributed by atoms with van der Waals surface area (Å²) in [5, 5.41) is -0.786. The molecule has 0 spiro atoms. The first kappa shape index (κ1) is 6.05. The Morgan fingerprint density at radius 1 is 1.32 bits per heavy atom. The van der Waals surface area contributed by atoms with Crippen molar-refractivity contribution in [3.05, 3.63) is 4.88 Å². The van der Waals surface area contributed by atoms with Crippen LogP contribution in [0.25, 0.3) is 0 Å². The molecule has 0 amide bonds. The van der Waals surface area contributed by atoms with Crippen molar-refractivity contribution in [2.24, 2.45) is 5.89 Å². The van der Waals surface area contributed by atoms with E-state index in [0.717, 1.165) is 0 Å². The minimum absolute atomic E-state index is 0.0484. The Labute approximate surface area is 159 Å². The molecule has 0 saturated carbocycles. The summed E-state index contributed by atoms with van der Waals surface area (Å²) in [4.78, 5) is 3.52. The Kier molecular flexibility index (Phi) is 1.51. The summed E-state index contributed by atoms with van der Waals surface area (Å²) in [7, 11) is -1.39. The van der Waals surface area contributed by atoms with Gasteiger partial charge in [0.15, 0.2) is 5.13 Å². The van der Waals surface area contributed by atoms with Crippen molar-refractivity contribution in [3.8, 4) is 0 Å². The minimum atomic E-state index is -3.91. The van der Waals surface area contributed by atoms with E-state index in [-0.39, 0.29) is 21.8 Å². The normalized spacial score (nSPS) is 46.8. The summed E-state index contributed by atoms with van der Waals surface area (Å²) in [5.41, 5.74) is -2.24. The second-order valence-electron chi connectivity index (χ2n) is 5.98. The highest BCUT2D eigenvalue weighted by molar-refractivity contribution is 7.16. The average Bonchev–Trinajstić information content (AvgIpc) is 3.16. The smallest absolute Gasteiger partial charge is 0.398 e. The van der Waals surface area contributed by atoms with Gasteiger partial charge in [-0.25, -0.2) is 4.98 Å². The zero-order chi connectivity index (χ0) is 29.2. The standard InChI is InChI=1S/C16H27BN2O2S/c1-11-7-9-19(10-8-11)14-18-13(12(2)22-14)17-20-15(3,4)16(5,6)21-17/h11H,7-10H2,1-6H3/i1D3,2D3,7D2,8D2,9D2,10D2,11D. The SMILES string of the molecule is [2H]C([2H])([2H])c1sc(N2C([2H])([2H])C([2H])([2H])C([2H])(C([2H])([2H])[2H])C([2H])([2H])C2([2H])[2H])nc1B1OC(C)(C)C(C)(C)O1. The van der Waals surface area contributed by atoms with Crippen molar-refractivity contribution in [2.45, 2.75) is 65.3 Å². The monoisotopic (exact) mass is 337 g/mol. The first-order chi connectivity index (χ1) is 16.0. The zero-order valence-corrected chi connectivity index (χ0v) is 13.5. The molecular formula is C16H27BN2O2S. The van der Waals surface area contributed by atoms with E-state index in [1.165, 1.54) is 0 Å². The molecule has 0 radical (unpaired) electrons. The number of aromatic nitrogens is 1. The van der Waals surface area contributed by atoms with Crippen LogP contribution in [0.2, 0.25) is 0 Å². The van der Waals surface area contributed by atoms with Crippen LogP contribution in [0, 0.1) is 12.7 Å². The van der Waals surface area contributed by atoms with E-state index in [0.29, 0.717) is 0 Å². The third kappa shape index (κ3) is 2.81. The third-order valence-corrected chi connectivity index (χ3v) is 4.76. The van der Waals surface area contributed by atoms with Gasteiger partial charge in [0.05, 0.1) is 16.8 Å². The third-order valence-electron chi connectivity index (χ3n) is 3.90. The maximum absolute atomic E-state index is 8.47. The summed E-state index contributed by atoms with van der Waals surface area (Å²) in [5.74, 6) is -3.91. The zero-order valence-electron chi connectivity index (χ0n) is 27.7. The summed E-state index contributed by atoms with van der Waals surface area (Å²) in [6.07, 6.45) is -7.70. The molecule has 4 nitrogen and oxygen atoms in total. The lowest BCUT2D eigenvalue weighted by molar-refractivity contribution is 0.00578. The molecule has 0 unspecified atom stereocenters. The predicted molar refractivity (Wildman–Crippen MR) is 93.2 cm³/mol. The topological polar surface area (TPSA) is 34.6 Å². The maximum Gasteiger partial charge on any atom is 0.515 e. The van der Waals surface area contributed by atoms with Crippen molar-refractivity contribution in [1.82, 2.24) is 4.98 Å². The maximum atomic E-state index is 8.47. The molecule has 1 aromatic heterocycles. The van der Waals surface area contributed by atoms with Gasteiger partial charge >= 0.3 is 7.12 Å². The van der Waals surface area contributed by atoms with E-state index in [9.17, 15) is 0 Å². The van der Waals surface area contributed by atoms with E-state index in [2.05, 4.69) is 4.98 Å². The number of piperidine rings is 1. The fourth-order valence-electron chi connectivity index (χ4n) is 1.91. The Morgan fingerprint density at radius 3 is 2.50 bits per heavy atom. The van der Waals surface area contributed by atoms with E-state index in [1.807, 2.05) is 0 Å². The molecule has 22 heavy (non-hydrogen) atoms. The Bertz CT molecular complexity index is 1040. The summed E-state index contributed by atoms with van der Waals surface area (Å²) >= 11 is 0.251. The Balaban J connectivity index is 2.30. The van der Waals surface area contributed by atoms with Crippen LogP contribution in [0.3, 0.4) is 0 Å². The van der Waals surface area contributed by atoms with Crippen LogP contribution in [0.4, 0.5) is 5.13 Å². The van der Waals surface area contributed by atoms with Gasteiger partial charge < -0.3 is 14.2 Å². The first-order valence-electron chi connectivity index (χ1n) is 14.2. The molecule has 0 N–H and O–H groups in total. The van der Waals surface area contributed by atoms with Crippen molar-refractivity contribution in [1.29, 1.82) is 0 Å². The van der Waals surface area contributed by atoms with Gasteiger partial charge in [0.1, 0.15) is 0 Å². The number of hydrogen-bond donors (Lipinski definition) is 0. The first-order valence-corrected chi connectivity index (χ1v) is 7.51. The summed E-state index contributed by atoms with van der Waals surface area (Å²) in [6.45, 7) is -7.32. The van der Waals surface area contributed by atoms with Crippen LogP contribution in [0.1, 0.15) is 72.7 Å². The molecule has 0 aromatic carbocycles. The number of nitrogens with zero attached hydrogens (tertiary/aromatic N) is 2. The molecule has 0 atom stereocenters. The molecule has 1 aromatic rings. The molecular weight excluding hydrogens is 295 g/mol. The predicted octanol–water partition coefficient (Wildman–Crippen LogP) is 2.99. The molecule has 2 fully saturated rings. The van der Waals surface area contributed by atoms with E-state index < -0.39 is 73.7 Å². The van der Waals surface area contributed by atoms with Gasteiger partial charge in [-0.05, 0) is 53.2 Å². The van der Waals surface area contributed by atoms with Gasteiger partial charge in [-0.1, -0.05) is 6.85 Å². The highest BCUT2D eigenvalue weighted by Gasteiger charge is 2.53. The Morgan fingerprint density at radius 2 is 1.95 bits per heavy atom. The van der Waals surface area contributed by atoms with Crippen molar-refractivity contribution in [3.63, 3.8) is 0 Å². The quantitative estimate of drug-likeness (QED) is 0.777. The fraction of sp³-hybridized carbons (Fsp3) is 0.812. The van der Waals surface area contributed by atoms with Gasteiger partial charge in [0.25, 0.3) is 0 Å². The lowest BCUT2D eigenvalue weighted by Crippen LogP contribution is -2.41. The minimum Gasteiger partial charge on any atom is -0.398 e. The largest absolute Gasteiger partial charge is 0.515 e. The summed E-state index contributed by atoms with van der Waals surface area (Å²) < 4.78 is 134. The van der Waals surface area contributed by atoms with Crippen LogP contribution < -0.4 is 10.5 Å². The van der Waals surface area contributed by atoms with Crippen molar-refractivity contribution in [2.75, 3.05) is 17.9 Å². The average molecular weight is 337 g/mol. The molecule has 0 aliphatic carbocycles. The number of aryl methyl sites for hydroxylation is 1. The van der Waals surface area contributed by atoms with E-state index in [1.54, 1.807) is 27.7 Å². The molecule has 2 aliphatic heterocycles. The van der Waals surface area contributed by atoms with Crippen molar-refractivity contribution < 1.29 is 29.9 Å². The van der Waals surface area contributed by atoms with Crippen molar-refractivity contribution >= 4 is 29.2 Å². The number of anilines is 1. The van der Waals surface area contributed by atoms with Gasteiger partial charge in [0, 0.05) is 38.4 Å². The van der Waals surface area contributed by atoms with Crippen LogP contribution >= 0.6 is 11.3 Å². The molecule has 3 heterocycles. The van der Waals surface area contributed by atoms with Crippen LogP contribution in [0.15, 0.2) is 0 Å². The van der Waals surface area contributed by atoms with Gasteiger partial charge in [0.2, 0.25) is 0 Å². The fourth-order valence-corrected chi connectivity index (χ4v) is 2.66. The van der Waals surface area contributed by atoms with Crippen LogP contribution in [-0.2, 0) is 9.31 Å². The van der Waals surface area contributed by atoms with Crippen LogP contribution in [-0.4, -0.2) is 36.3 Å². The molecule has 2 aliphatic rings. The highest BCUT2D eigenvalue weighted by atomic mass is 32.1. The van der Waals surface area contributed by atoms with E-state index in [4.69, 9.17) is 29.9 Å². The molecule has 3 rings (SSSR count). The second-order valence-corrected chi connectivity index (χ2v) is 6.96. The van der Waals surface area contributed by atoms with E-state index >= 15 is 0 Å².